The lowest BCUT2D eigenvalue weighted by Gasteiger charge is -2.35. The molecule has 1 saturated heterocycles. The average Bonchev–Trinajstić information content (AvgIpc) is 3.55. The Morgan fingerprint density at radius 2 is 1.95 bits per heavy atom. The molecule has 2 amide bonds. The van der Waals surface area contributed by atoms with E-state index in [1.54, 1.807) is 9.58 Å². The maximum absolute atomic E-state index is 13.9. The van der Waals surface area contributed by atoms with Crippen LogP contribution in [0.1, 0.15) is 58.6 Å². The van der Waals surface area contributed by atoms with Crippen molar-refractivity contribution >= 4 is 22.8 Å². The number of ether oxygens (including phenoxy) is 2. The van der Waals surface area contributed by atoms with Gasteiger partial charge in [0.2, 0.25) is 11.8 Å². The molecule has 37 heavy (non-hydrogen) atoms. The van der Waals surface area contributed by atoms with E-state index >= 15 is 0 Å². The zero-order valence-corrected chi connectivity index (χ0v) is 22.1. The van der Waals surface area contributed by atoms with Crippen molar-refractivity contribution in [2.24, 2.45) is 0 Å². The minimum atomic E-state index is -0.840. The Hall–Kier alpha value is -3.46. The van der Waals surface area contributed by atoms with E-state index < -0.39 is 11.6 Å². The number of nitrogens with one attached hydrogen (secondary N) is 1. The third-order valence-electron chi connectivity index (χ3n) is 6.86. The van der Waals surface area contributed by atoms with Gasteiger partial charge in [0, 0.05) is 18.7 Å². The molecule has 4 rings (SSSR count). The lowest BCUT2D eigenvalue weighted by molar-refractivity contribution is -0.144. The van der Waals surface area contributed by atoms with Crippen molar-refractivity contribution in [1.29, 1.82) is 0 Å². The molecule has 0 aliphatic carbocycles. The molecule has 0 saturated carbocycles. The summed E-state index contributed by atoms with van der Waals surface area (Å²) in [5.74, 6) is 0.255. The lowest BCUT2D eigenvalue weighted by Crippen LogP contribution is -2.52. The highest BCUT2D eigenvalue weighted by molar-refractivity contribution is 5.89. The van der Waals surface area contributed by atoms with E-state index in [1.807, 2.05) is 76.2 Å². The van der Waals surface area contributed by atoms with Crippen molar-refractivity contribution in [3.63, 3.8) is 0 Å². The minimum absolute atomic E-state index is 0.0365. The molecule has 0 radical (unpaired) electrons. The summed E-state index contributed by atoms with van der Waals surface area (Å²) in [5, 5.41) is 11.5. The van der Waals surface area contributed by atoms with Crippen molar-refractivity contribution in [2.45, 2.75) is 71.2 Å². The normalized spacial score (nSPS) is 16.5. The molecule has 0 spiro atoms. The molecule has 2 heterocycles. The van der Waals surface area contributed by atoms with E-state index in [2.05, 4.69) is 15.6 Å². The smallest absolute Gasteiger partial charge is 0.247 e. The van der Waals surface area contributed by atoms with Crippen LogP contribution in [0.4, 0.5) is 0 Å². The molecular weight excluding hydrogens is 470 g/mol. The Labute approximate surface area is 218 Å². The van der Waals surface area contributed by atoms with Crippen molar-refractivity contribution in [3.8, 4) is 5.75 Å². The highest BCUT2D eigenvalue weighted by Crippen LogP contribution is 2.28. The Morgan fingerprint density at radius 3 is 2.62 bits per heavy atom. The predicted octanol–water partition coefficient (Wildman–Crippen LogP) is 3.88. The molecule has 1 aliphatic rings. The number of hydrogen-bond donors (Lipinski definition) is 1. The van der Waals surface area contributed by atoms with Crippen LogP contribution in [0.3, 0.4) is 0 Å². The standard InChI is InChI=1S/C28H37N5O4/c1-5-28(3,4)29-27(35)26(20-13-15-21(16-14-20)36-6-2)32(18-22-10-9-17-37-22)25(34)19-33-24-12-8-7-11-23(24)30-31-33/h7-8,11-16,22,26H,5-6,9-10,17-19H2,1-4H3,(H,29,35)/t22-,26-/m1/s1. The van der Waals surface area contributed by atoms with Gasteiger partial charge < -0.3 is 19.7 Å². The maximum Gasteiger partial charge on any atom is 0.247 e. The van der Waals surface area contributed by atoms with Crippen LogP contribution in [0.2, 0.25) is 0 Å². The summed E-state index contributed by atoms with van der Waals surface area (Å²) < 4.78 is 13.1. The number of rotatable bonds is 11. The number of benzene rings is 2. The fourth-order valence-electron chi connectivity index (χ4n) is 4.49. The van der Waals surface area contributed by atoms with Crippen molar-refractivity contribution in [1.82, 2.24) is 25.2 Å². The van der Waals surface area contributed by atoms with E-state index in [0.29, 0.717) is 36.6 Å². The Morgan fingerprint density at radius 1 is 1.19 bits per heavy atom. The van der Waals surface area contributed by atoms with Crippen molar-refractivity contribution in [3.05, 3.63) is 54.1 Å². The molecule has 0 unspecified atom stereocenters. The van der Waals surface area contributed by atoms with Gasteiger partial charge in [-0.3, -0.25) is 9.59 Å². The maximum atomic E-state index is 13.9. The zero-order chi connectivity index (χ0) is 26.4. The molecule has 2 aromatic carbocycles. The third-order valence-corrected chi connectivity index (χ3v) is 6.86. The van der Waals surface area contributed by atoms with Gasteiger partial charge in [0.05, 0.1) is 18.2 Å². The second kappa shape index (κ2) is 11.7. The van der Waals surface area contributed by atoms with Gasteiger partial charge in [0.25, 0.3) is 0 Å². The fourth-order valence-corrected chi connectivity index (χ4v) is 4.49. The molecule has 1 aliphatic heterocycles. The van der Waals surface area contributed by atoms with Gasteiger partial charge in [-0.25, -0.2) is 4.68 Å². The van der Waals surface area contributed by atoms with Gasteiger partial charge in [0.15, 0.2) is 0 Å². The zero-order valence-electron chi connectivity index (χ0n) is 22.1. The third kappa shape index (κ3) is 6.46. The van der Waals surface area contributed by atoms with Crippen LogP contribution in [-0.4, -0.2) is 63.1 Å². The number of para-hydroxylation sites is 1. The highest BCUT2D eigenvalue weighted by Gasteiger charge is 2.36. The first-order chi connectivity index (χ1) is 17.8. The lowest BCUT2D eigenvalue weighted by atomic mass is 9.98. The number of amides is 2. The van der Waals surface area contributed by atoms with Crippen LogP contribution in [0.15, 0.2) is 48.5 Å². The molecule has 9 heteroatoms. The number of fused-ring (bicyclic) bond motifs is 1. The molecule has 1 fully saturated rings. The van der Waals surface area contributed by atoms with Gasteiger partial charge >= 0.3 is 0 Å². The van der Waals surface area contributed by atoms with Crippen LogP contribution in [0.5, 0.6) is 5.75 Å². The second-order valence-electron chi connectivity index (χ2n) is 10.0. The molecule has 198 valence electrons. The van der Waals surface area contributed by atoms with E-state index in [4.69, 9.17) is 9.47 Å². The van der Waals surface area contributed by atoms with E-state index in [0.717, 1.165) is 24.8 Å². The number of carbonyl (C=O) groups excluding carboxylic acids is 2. The summed E-state index contributed by atoms with van der Waals surface area (Å²) in [4.78, 5) is 29.4. The first-order valence-corrected chi connectivity index (χ1v) is 13.1. The monoisotopic (exact) mass is 507 g/mol. The van der Waals surface area contributed by atoms with Crippen LogP contribution in [0.25, 0.3) is 11.0 Å². The van der Waals surface area contributed by atoms with Gasteiger partial charge in [-0.05, 0) is 69.9 Å². The summed E-state index contributed by atoms with van der Waals surface area (Å²) in [6.45, 7) is 9.38. The molecule has 0 bridgehead atoms. The van der Waals surface area contributed by atoms with Crippen LogP contribution >= 0.6 is 0 Å². The SMILES string of the molecule is CCOc1ccc([C@H](C(=O)NC(C)(C)CC)N(C[C@H]2CCCO2)C(=O)Cn2nnc3ccccc32)cc1. The van der Waals surface area contributed by atoms with Crippen LogP contribution < -0.4 is 10.1 Å². The minimum Gasteiger partial charge on any atom is -0.494 e. The highest BCUT2D eigenvalue weighted by atomic mass is 16.5. The first kappa shape index (κ1) is 26.6. The first-order valence-electron chi connectivity index (χ1n) is 13.1. The summed E-state index contributed by atoms with van der Waals surface area (Å²) in [6.07, 6.45) is 2.39. The Balaban J connectivity index is 1.71. The van der Waals surface area contributed by atoms with E-state index in [9.17, 15) is 9.59 Å². The van der Waals surface area contributed by atoms with E-state index in [1.165, 1.54) is 0 Å². The van der Waals surface area contributed by atoms with Crippen LogP contribution in [-0.2, 0) is 20.9 Å². The molecule has 1 aromatic heterocycles. The molecule has 2 atom stereocenters. The van der Waals surface area contributed by atoms with Gasteiger partial charge in [-0.2, -0.15) is 0 Å². The van der Waals surface area contributed by atoms with Crippen molar-refractivity contribution in [2.75, 3.05) is 19.8 Å². The number of carbonyl (C=O) groups is 2. The molecule has 1 N–H and O–H groups in total. The van der Waals surface area contributed by atoms with Crippen LogP contribution in [0, 0.1) is 0 Å². The van der Waals surface area contributed by atoms with Gasteiger partial charge in [-0.15, -0.1) is 5.10 Å². The van der Waals surface area contributed by atoms with Gasteiger partial charge in [-0.1, -0.05) is 36.4 Å². The fraction of sp³-hybridized carbons (Fsp3) is 0.500. The van der Waals surface area contributed by atoms with E-state index in [-0.39, 0.29) is 24.5 Å². The average molecular weight is 508 g/mol. The largest absolute Gasteiger partial charge is 0.494 e. The second-order valence-corrected chi connectivity index (χ2v) is 10.0. The number of hydrogen-bond acceptors (Lipinski definition) is 6. The summed E-state index contributed by atoms with van der Waals surface area (Å²) >= 11 is 0. The van der Waals surface area contributed by atoms with Crippen molar-refractivity contribution < 1.29 is 19.1 Å². The number of aromatic nitrogens is 3. The quantitative estimate of drug-likeness (QED) is 0.423. The topological polar surface area (TPSA) is 98.6 Å². The molecule has 3 aromatic rings. The Kier molecular flexibility index (Phi) is 8.43. The van der Waals surface area contributed by atoms with Gasteiger partial charge in [0.1, 0.15) is 23.9 Å². The predicted molar refractivity (Wildman–Crippen MR) is 141 cm³/mol. The summed E-state index contributed by atoms with van der Waals surface area (Å²) in [5.41, 5.74) is 1.76. The Bertz CT molecular complexity index is 1200. The molecule has 9 nitrogen and oxygen atoms in total. The number of nitrogens with zero attached hydrogens (tertiary/aromatic N) is 4. The molecular formula is C28H37N5O4. The summed E-state index contributed by atoms with van der Waals surface area (Å²) in [6, 6.07) is 14.1. The summed E-state index contributed by atoms with van der Waals surface area (Å²) in [7, 11) is 0.